The number of hydrogen-bond donors (Lipinski definition) is 1. The Balaban J connectivity index is 2.29. The first-order valence-electron chi connectivity index (χ1n) is 5.21. The summed E-state index contributed by atoms with van der Waals surface area (Å²) in [6, 6.07) is 3.07. The molecule has 2 rings (SSSR count). The molecule has 0 aromatic carbocycles. The molecule has 0 aliphatic rings. The minimum Gasteiger partial charge on any atom is -0.323 e. The molecule has 96 valence electrons. The zero-order chi connectivity index (χ0) is 13.3. The van der Waals surface area contributed by atoms with Crippen molar-refractivity contribution >= 4 is 0 Å². The lowest BCUT2D eigenvalue weighted by Crippen LogP contribution is -2.07. The van der Waals surface area contributed by atoms with Gasteiger partial charge in [0.1, 0.15) is 0 Å². The normalized spacial score (nSPS) is 13.6. The van der Waals surface area contributed by atoms with Gasteiger partial charge < -0.3 is 5.73 Å². The van der Waals surface area contributed by atoms with E-state index in [1.165, 1.54) is 6.20 Å². The van der Waals surface area contributed by atoms with Gasteiger partial charge in [0, 0.05) is 12.2 Å². The lowest BCUT2D eigenvalue weighted by molar-refractivity contribution is -0.137. The monoisotopic (exact) mass is 256 g/mol. The molecule has 2 heterocycles. The van der Waals surface area contributed by atoms with Gasteiger partial charge in [0.25, 0.3) is 0 Å². The maximum Gasteiger partial charge on any atom is 0.419 e. The molecule has 0 saturated heterocycles. The van der Waals surface area contributed by atoms with Crippen LogP contribution in [0.15, 0.2) is 30.7 Å². The average molecular weight is 256 g/mol. The van der Waals surface area contributed by atoms with Gasteiger partial charge in [-0.3, -0.25) is 4.98 Å². The Kier molecular flexibility index (Phi) is 3.08. The molecule has 0 saturated carbocycles. The predicted molar refractivity (Wildman–Crippen MR) is 59.0 cm³/mol. The maximum atomic E-state index is 12.4. The van der Waals surface area contributed by atoms with Crippen molar-refractivity contribution in [2.24, 2.45) is 5.73 Å². The number of nitrogens with zero attached hydrogens (tertiary/aromatic N) is 3. The average Bonchev–Trinajstić information content (AvgIpc) is 2.78. The van der Waals surface area contributed by atoms with Crippen LogP contribution in [0.2, 0.25) is 0 Å². The van der Waals surface area contributed by atoms with E-state index in [4.69, 9.17) is 5.73 Å². The van der Waals surface area contributed by atoms with Gasteiger partial charge in [-0.2, -0.15) is 18.3 Å². The van der Waals surface area contributed by atoms with Crippen LogP contribution in [0.1, 0.15) is 24.2 Å². The summed E-state index contributed by atoms with van der Waals surface area (Å²) in [5.74, 6) is 0. The van der Waals surface area contributed by atoms with Crippen molar-refractivity contribution in [1.82, 2.24) is 14.8 Å². The Hall–Kier alpha value is -1.89. The van der Waals surface area contributed by atoms with E-state index in [2.05, 4.69) is 10.1 Å². The fourth-order valence-corrected chi connectivity index (χ4v) is 1.41. The summed E-state index contributed by atoms with van der Waals surface area (Å²) >= 11 is 0. The SMILES string of the molecule is C[C@H](N)c1ccc(-n2cc(C(F)(F)F)cn2)cn1. The standard InChI is InChI=1S/C11H11F3N4/c1-7(15)10-3-2-9(5-16-10)18-6-8(4-17-18)11(12,13)14/h2-7H,15H2,1H3/t7-/m0/s1. The molecule has 0 amide bonds. The third kappa shape index (κ3) is 2.51. The molecule has 0 aliphatic carbocycles. The third-order valence-corrected chi connectivity index (χ3v) is 2.41. The fraction of sp³-hybridized carbons (Fsp3) is 0.273. The molecule has 0 bridgehead atoms. The van der Waals surface area contributed by atoms with Crippen LogP contribution in [0, 0.1) is 0 Å². The third-order valence-electron chi connectivity index (χ3n) is 2.41. The van der Waals surface area contributed by atoms with Gasteiger partial charge in [0.15, 0.2) is 0 Å². The number of hydrogen-bond acceptors (Lipinski definition) is 3. The Morgan fingerprint density at radius 1 is 1.28 bits per heavy atom. The smallest absolute Gasteiger partial charge is 0.323 e. The summed E-state index contributed by atoms with van der Waals surface area (Å²) in [4.78, 5) is 4.06. The minimum atomic E-state index is -4.39. The van der Waals surface area contributed by atoms with Gasteiger partial charge in [0.05, 0.1) is 29.3 Å². The first kappa shape index (κ1) is 12.6. The fourth-order valence-electron chi connectivity index (χ4n) is 1.41. The Bertz CT molecular complexity index is 528. The molecule has 2 N–H and O–H groups in total. The van der Waals surface area contributed by atoms with Gasteiger partial charge in [-0.25, -0.2) is 4.68 Å². The summed E-state index contributed by atoms with van der Waals surface area (Å²) in [6.45, 7) is 1.78. The van der Waals surface area contributed by atoms with Crippen LogP contribution < -0.4 is 5.73 Å². The van der Waals surface area contributed by atoms with E-state index in [9.17, 15) is 13.2 Å². The van der Waals surface area contributed by atoms with Crippen molar-refractivity contribution in [3.8, 4) is 5.69 Å². The van der Waals surface area contributed by atoms with E-state index in [0.29, 0.717) is 11.4 Å². The molecule has 0 fully saturated rings. The first-order valence-corrected chi connectivity index (χ1v) is 5.21. The first-order chi connectivity index (χ1) is 8.38. The Morgan fingerprint density at radius 3 is 2.44 bits per heavy atom. The molecule has 0 aliphatic heterocycles. The maximum absolute atomic E-state index is 12.4. The van der Waals surface area contributed by atoms with Gasteiger partial charge in [-0.05, 0) is 19.1 Å². The number of aromatic nitrogens is 3. The second-order valence-corrected chi connectivity index (χ2v) is 3.90. The summed E-state index contributed by atoms with van der Waals surface area (Å²) < 4.78 is 38.3. The van der Waals surface area contributed by atoms with Crippen molar-refractivity contribution in [3.63, 3.8) is 0 Å². The number of nitrogens with two attached hydrogens (primary N) is 1. The van der Waals surface area contributed by atoms with Crippen molar-refractivity contribution in [2.45, 2.75) is 19.1 Å². The predicted octanol–water partition coefficient (Wildman–Crippen LogP) is 2.31. The van der Waals surface area contributed by atoms with Crippen molar-refractivity contribution in [1.29, 1.82) is 0 Å². The van der Waals surface area contributed by atoms with E-state index in [0.717, 1.165) is 17.1 Å². The number of pyridine rings is 1. The van der Waals surface area contributed by atoms with E-state index in [1.807, 2.05) is 0 Å². The van der Waals surface area contributed by atoms with Gasteiger partial charge >= 0.3 is 6.18 Å². The van der Waals surface area contributed by atoms with Crippen LogP contribution in [0.25, 0.3) is 5.69 Å². The molecular weight excluding hydrogens is 245 g/mol. The highest BCUT2D eigenvalue weighted by Crippen LogP contribution is 2.29. The highest BCUT2D eigenvalue weighted by molar-refractivity contribution is 5.30. The topological polar surface area (TPSA) is 56.7 Å². The molecule has 0 radical (unpaired) electrons. The summed E-state index contributed by atoms with van der Waals surface area (Å²) in [6.07, 6.45) is -1.26. The Morgan fingerprint density at radius 2 is 2.00 bits per heavy atom. The molecule has 0 spiro atoms. The highest BCUT2D eigenvalue weighted by atomic mass is 19.4. The van der Waals surface area contributed by atoms with Crippen LogP contribution in [-0.4, -0.2) is 14.8 Å². The number of rotatable bonds is 2. The summed E-state index contributed by atoms with van der Waals surface area (Å²) in [5, 5.41) is 3.65. The van der Waals surface area contributed by atoms with E-state index in [-0.39, 0.29) is 6.04 Å². The molecule has 2 aromatic heterocycles. The van der Waals surface area contributed by atoms with Crippen molar-refractivity contribution < 1.29 is 13.2 Å². The van der Waals surface area contributed by atoms with Gasteiger partial charge in [0.2, 0.25) is 0 Å². The molecule has 18 heavy (non-hydrogen) atoms. The second kappa shape index (κ2) is 4.41. The van der Waals surface area contributed by atoms with Crippen molar-refractivity contribution in [3.05, 3.63) is 42.0 Å². The van der Waals surface area contributed by atoms with Crippen LogP contribution in [0.5, 0.6) is 0 Å². The minimum absolute atomic E-state index is 0.220. The van der Waals surface area contributed by atoms with Gasteiger partial charge in [-0.15, -0.1) is 0 Å². The second-order valence-electron chi connectivity index (χ2n) is 3.90. The Labute approximate surface area is 101 Å². The number of alkyl halides is 3. The van der Waals surface area contributed by atoms with E-state index >= 15 is 0 Å². The quantitative estimate of drug-likeness (QED) is 0.897. The molecule has 7 heteroatoms. The zero-order valence-corrected chi connectivity index (χ0v) is 9.52. The van der Waals surface area contributed by atoms with Gasteiger partial charge in [-0.1, -0.05) is 0 Å². The van der Waals surface area contributed by atoms with Crippen LogP contribution in [-0.2, 0) is 6.18 Å². The molecule has 4 nitrogen and oxygen atoms in total. The largest absolute Gasteiger partial charge is 0.419 e. The molecule has 0 unspecified atom stereocenters. The highest BCUT2D eigenvalue weighted by Gasteiger charge is 2.32. The zero-order valence-electron chi connectivity index (χ0n) is 9.52. The van der Waals surface area contributed by atoms with Crippen molar-refractivity contribution in [2.75, 3.05) is 0 Å². The van der Waals surface area contributed by atoms with Crippen LogP contribution in [0.3, 0.4) is 0 Å². The lowest BCUT2D eigenvalue weighted by Gasteiger charge is -2.06. The summed E-state index contributed by atoms with van der Waals surface area (Å²) in [5.41, 5.74) is 5.96. The molecule has 2 aromatic rings. The molecular formula is C11H11F3N4. The number of halogens is 3. The lowest BCUT2D eigenvalue weighted by atomic mass is 10.2. The van der Waals surface area contributed by atoms with Crippen LogP contribution in [0.4, 0.5) is 13.2 Å². The van der Waals surface area contributed by atoms with E-state index < -0.39 is 11.7 Å². The van der Waals surface area contributed by atoms with E-state index in [1.54, 1.807) is 19.1 Å². The van der Waals surface area contributed by atoms with Crippen LogP contribution >= 0.6 is 0 Å². The summed E-state index contributed by atoms with van der Waals surface area (Å²) in [7, 11) is 0. The molecule has 1 atom stereocenters.